The van der Waals surface area contributed by atoms with E-state index in [2.05, 4.69) is 25.7 Å². The first-order valence-corrected chi connectivity index (χ1v) is 5.54. The minimum atomic E-state index is -1.38. The van der Waals surface area contributed by atoms with Crippen LogP contribution in [0.2, 0.25) is 5.02 Å². The molecule has 1 aromatic carbocycles. The number of carbonyl (C=O) groups is 1. The zero-order valence-electron chi connectivity index (χ0n) is 8.17. The molecule has 0 bridgehead atoms. The van der Waals surface area contributed by atoms with E-state index in [1.807, 2.05) is 6.92 Å². The van der Waals surface area contributed by atoms with Gasteiger partial charge in [-0.05, 0) is 34.5 Å². The van der Waals surface area contributed by atoms with Crippen molar-refractivity contribution in [2.45, 2.75) is 6.92 Å². The summed E-state index contributed by atoms with van der Waals surface area (Å²) in [6.07, 6.45) is 0.362. The van der Waals surface area contributed by atoms with E-state index in [9.17, 15) is 4.79 Å². The summed E-state index contributed by atoms with van der Waals surface area (Å²) in [5, 5.41) is 9.57. The molecule has 84 valence electrons. The SMILES string of the molecule is Cc1cc(OC(=O)O)c(Cl)c2c(Br)c[nH]c12. The van der Waals surface area contributed by atoms with Crippen LogP contribution in [0, 0.1) is 6.92 Å². The Labute approximate surface area is 104 Å². The van der Waals surface area contributed by atoms with E-state index in [0.717, 1.165) is 20.9 Å². The summed E-state index contributed by atoms with van der Waals surface area (Å²) in [5.74, 6) is 0.138. The molecule has 0 aliphatic rings. The van der Waals surface area contributed by atoms with Crippen molar-refractivity contribution in [3.63, 3.8) is 0 Å². The van der Waals surface area contributed by atoms with Crippen LogP contribution in [0.1, 0.15) is 5.56 Å². The van der Waals surface area contributed by atoms with Crippen molar-refractivity contribution >= 4 is 44.6 Å². The van der Waals surface area contributed by atoms with E-state index in [1.54, 1.807) is 12.3 Å². The number of carboxylic acid groups (broad SMARTS) is 1. The minimum absolute atomic E-state index is 0.138. The number of benzene rings is 1. The van der Waals surface area contributed by atoms with Gasteiger partial charge in [0.05, 0.1) is 10.5 Å². The molecule has 16 heavy (non-hydrogen) atoms. The predicted molar refractivity (Wildman–Crippen MR) is 64.4 cm³/mol. The van der Waals surface area contributed by atoms with Gasteiger partial charge in [-0.2, -0.15) is 0 Å². The number of H-pyrrole nitrogens is 1. The molecule has 2 rings (SSSR count). The second kappa shape index (κ2) is 3.99. The van der Waals surface area contributed by atoms with Crippen molar-refractivity contribution in [2.75, 3.05) is 0 Å². The van der Waals surface area contributed by atoms with Crippen molar-refractivity contribution in [3.05, 3.63) is 27.3 Å². The van der Waals surface area contributed by atoms with Crippen LogP contribution in [0.25, 0.3) is 10.9 Å². The van der Waals surface area contributed by atoms with Gasteiger partial charge in [0.1, 0.15) is 0 Å². The molecule has 0 aliphatic heterocycles. The second-order valence-corrected chi connectivity index (χ2v) is 4.49. The van der Waals surface area contributed by atoms with Gasteiger partial charge >= 0.3 is 6.16 Å². The molecular weight excluding hydrogens is 297 g/mol. The van der Waals surface area contributed by atoms with E-state index >= 15 is 0 Å². The fraction of sp³-hybridized carbons (Fsp3) is 0.100. The second-order valence-electron chi connectivity index (χ2n) is 3.26. The summed E-state index contributed by atoms with van der Waals surface area (Å²) in [6.45, 7) is 1.84. The standard InChI is InChI=1S/C10H7BrClNO3/c1-4-2-6(16-10(14)15)8(12)7-5(11)3-13-9(4)7/h2-3,13H,1H3,(H,14,15). The average Bonchev–Trinajstić information content (AvgIpc) is 2.56. The van der Waals surface area contributed by atoms with Crippen molar-refractivity contribution < 1.29 is 14.6 Å². The van der Waals surface area contributed by atoms with Crippen LogP contribution in [-0.4, -0.2) is 16.2 Å². The Morgan fingerprint density at radius 1 is 1.62 bits per heavy atom. The van der Waals surface area contributed by atoms with Crippen molar-refractivity contribution in [1.29, 1.82) is 0 Å². The number of ether oxygens (including phenoxy) is 1. The average molecular weight is 305 g/mol. The Morgan fingerprint density at radius 2 is 2.31 bits per heavy atom. The maximum atomic E-state index is 10.5. The first kappa shape index (κ1) is 11.3. The van der Waals surface area contributed by atoms with Gasteiger partial charge in [0.25, 0.3) is 0 Å². The van der Waals surface area contributed by atoms with Gasteiger partial charge < -0.3 is 14.8 Å². The number of hydrogen-bond acceptors (Lipinski definition) is 2. The highest BCUT2D eigenvalue weighted by Gasteiger charge is 2.15. The van der Waals surface area contributed by atoms with Gasteiger partial charge in [-0.3, -0.25) is 0 Å². The van der Waals surface area contributed by atoms with Crippen LogP contribution >= 0.6 is 27.5 Å². The number of aromatic nitrogens is 1. The summed E-state index contributed by atoms with van der Waals surface area (Å²) in [4.78, 5) is 13.5. The fourth-order valence-electron chi connectivity index (χ4n) is 1.55. The number of aromatic amines is 1. The summed E-state index contributed by atoms with van der Waals surface area (Å²) in [6, 6.07) is 1.59. The summed E-state index contributed by atoms with van der Waals surface area (Å²) in [5.41, 5.74) is 1.72. The maximum absolute atomic E-state index is 10.5. The molecular formula is C10H7BrClNO3. The van der Waals surface area contributed by atoms with Crippen LogP contribution in [0.15, 0.2) is 16.7 Å². The Hall–Kier alpha value is -1.20. The molecule has 6 heteroatoms. The van der Waals surface area contributed by atoms with Gasteiger partial charge in [0.15, 0.2) is 5.75 Å². The molecule has 0 fully saturated rings. The summed E-state index contributed by atoms with van der Waals surface area (Å²) in [7, 11) is 0. The first-order chi connectivity index (χ1) is 7.50. The van der Waals surface area contributed by atoms with Gasteiger partial charge in [0.2, 0.25) is 0 Å². The molecule has 0 spiro atoms. The number of halogens is 2. The van der Waals surface area contributed by atoms with E-state index in [0.29, 0.717) is 0 Å². The van der Waals surface area contributed by atoms with E-state index in [1.165, 1.54) is 0 Å². The zero-order chi connectivity index (χ0) is 11.9. The van der Waals surface area contributed by atoms with Crippen LogP contribution in [0.4, 0.5) is 4.79 Å². The minimum Gasteiger partial charge on any atom is -0.449 e. The first-order valence-electron chi connectivity index (χ1n) is 4.37. The topological polar surface area (TPSA) is 62.3 Å². The molecule has 0 saturated heterocycles. The number of nitrogens with one attached hydrogen (secondary N) is 1. The van der Waals surface area contributed by atoms with Crippen molar-refractivity contribution in [3.8, 4) is 5.75 Å². The molecule has 4 nitrogen and oxygen atoms in total. The van der Waals surface area contributed by atoms with Gasteiger partial charge in [0, 0.05) is 16.1 Å². The maximum Gasteiger partial charge on any atom is 0.511 e. The molecule has 0 saturated carbocycles. The van der Waals surface area contributed by atoms with Crippen molar-refractivity contribution in [2.24, 2.45) is 0 Å². The molecule has 1 heterocycles. The lowest BCUT2D eigenvalue weighted by molar-refractivity contribution is 0.144. The van der Waals surface area contributed by atoms with Gasteiger partial charge in [-0.1, -0.05) is 11.6 Å². The Kier molecular flexibility index (Phi) is 2.82. The Morgan fingerprint density at radius 3 is 2.94 bits per heavy atom. The lowest BCUT2D eigenvalue weighted by Crippen LogP contribution is -2.03. The van der Waals surface area contributed by atoms with Crippen molar-refractivity contribution in [1.82, 2.24) is 4.98 Å². The quantitative estimate of drug-likeness (QED) is 0.619. The molecule has 1 aromatic heterocycles. The highest BCUT2D eigenvalue weighted by atomic mass is 79.9. The highest BCUT2D eigenvalue weighted by molar-refractivity contribution is 9.10. The molecule has 0 aliphatic carbocycles. The van der Waals surface area contributed by atoms with Crippen LogP contribution in [-0.2, 0) is 0 Å². The molecule has 0 radical (unpaired) electrons. The predicted octanol–water partition coefficient (Wildman–Crippen LogP) is 3.95. The Balaban J connectivity index is 2.73. The summed E-state index contributed by atoms with van der Waals surface area (Å²) < 4.78 is 5.38. The number of hydrogen-bond donors (Lipinski definition) is 2. The highest BCUT2D eigenvalue weighted by Crippen LogP contribution is 2.38. The smallest absolute Gasteiger partial charge is 0.449 e. The fourth-order valence-corrected chi connectivity index (χ4v) is 2.46. The monoisotopic (exact) mass is 303 g/mol. The number of rotatable bonds is 1. The molecule has 2 N–H and O–H groups in total. The molecule has 0 amide bonds. The van der Waals surface area contributed by atoms with Gasteiger partial charge in [-0.25, -0.2) is 4.79 Å². The van der Waals surface area contributed by atoms with E-state index in [4.69, 9.17) is 16.7 Å². The van der Waals surface area contributed by atoms with Crippen LogP contribution in [0.3, 0.4) is 0 Å². The zero-order valence-corrected chi connectivity index (χ0v) is 10.5. The third-order valence-corrected chi connectivity index (χ3v) is 3.21. The molecule has 0 atom stereocenters. The number of aryl methyl sites for hydroxylation is 1. The van der Waals surface area contributed by atoms with Crippen LogP contribution < -0.4 is 4.74 Å². The molecule has 2 aromatic rings. The lowest BCUT2D eigenvalue weighted by Gasteiger charge is -2.06. The third-order valence-electron chi connectivity index (χ3n) is 2.21. The van der Waals surface area contributed by atoms with Gasteiger partial charge in [-0.15, -0.1) is 0 Å². The number of fused-ring (bicyclic) bond motifs is 1. The lowest BCUT2D eigenvalue weighted by atomic mass is 10.1. The third kappa shape index (κ3) is 1.76. The summed E-state index contributed by atoms with van der Waals surface area (Å²) >= 11 is 9.40. The largest absolute Gasteiger partial charge is 0.511 e. The van der Waals surface area contributed by atoms with Crippen LogP contribution in [0.5, 0.6) is 5.75 Å². The Bertz CT molecular complexity index is 579. The normalized spacial score (nSPS) is 10.7. The van der Waals surface area contributed by atoms with E-state index < -0.39 is 6.16 Å². The van der Waals surface area contributed by atoms with E-state index in [-0.39, 0.29) is 10.8 Å². The molecule has 0 unspecified atom stereocenters.